The second-order valence-corrected chi connectivity index (χ2v) is 9.75. The van der Waals surface area contributed by atoms with Crippen LogP contribution in [0, 0.1) is 0 Å². The first kappa shape index (κ1) is 20.1. The van der Waals surface area contributed by atoms with Gasteiger partial charge in [-0.3, -0.25) is 4.79 Å². The van der Waals surface area contributed by atoms with E-state index in [4.69, 9.17) is 11.6 Å². The molecule has 0 radical (unpaired) electrons. The predicted octanol–water partition coefficient (Wildman–Crippen LogP) is 3.72. The van der Waals surface area contributed by atoms with Crippen molar-refractivity contribution in [2.75, 3.05) is 26.2 Å². The number of amides is 1. The van der Waals surface area contributed by atoms with Gasteiger partial charge in [-0.05, 0) is 42.5 Å². The number of hydrogen-bond acceptors (Lipinski definition) is 5. The summed E-state index contributed by atoms with van der Waals surface area (Å²) >= 11 is 7.44. The lowest BCUT2D eigenvalue weighted by Crippen LogP contribution is -2.37. The average Bonchev–Trinajstić information content (AvgIpc) is 3.21. The second-order valence-electron chi connectivity index (χ2n) is 7.00. The summed E-state index contributed by atoms with van der Waals surface area (Å²) in [6, 6.07) is 8.56. The molecule has 1 aromatic heterocycles. The van der Waals surface area contributed by atoms with E-state index in [0.717, 1.165) is 6.42 Å². The number of nitrogens with zero attached hydrogens (tertiary/aromatic N) is 3. The lowest BCUT2D eigenvalue weighted by atomic mass is 10.1. The second kappa shape index (κ2) is 7.93. The first-order chi connectivity index (χ1) is 13.9. The summed E-state index contributed by atoms with van der Waals surface area (Å²) in [5.74, 6) is 0.489. The van der Waals surface area contributed by atoms with Gasteiger partial charge < -0.3 is 9.80 Å². The number of rotatable bonds is 2. The molecule has 0 spiro atoms. The standard InChI is InChI=1S/C20H20ClN3O3S2/c1-14-18(15-3-5-17(21)6-4-15)29(26,27)22-19(14)23-8-2-9-24(11-10-23)20(25)16-7-12-28-13-16/h3-7,12-13H,2,8-11H2,1H3. The highest BCUT2D eigenvalue weighted by Gasteiger charge is 2.34. The van der Waals surface area contributed by atoms with E-state index < -0.39 is 10.0 Å². The zero-order chi connectivity index (χ0) is 20.6. The normalized spacial score (nSPS) is 19.3. The highest BCUT2D eigenvalue weighted by molar-refractivity contribution is 8.00. The van der Waals surface area contributed by atoms with Crippen LogP contribution in [-0.2, 0) is 10.0 Å². The topological polar surface area (TPSA) is 70.1 Å². The molecule has 2 aliphatic heterocycles. The van der Waals surface area contributed by atoms with Crippen molar-refractivity contribution < 1.29 is 13.2 Å². The summed E-state index contributed by atoms with van der Waals surface area (Å²) in [6.07, 6.45) is 0.749. The van der Waals surface area contributed by atoms with Crippen molar-refractivity contribution in [1.29, 1.82) is 0 Å². The summed E-state index contributed by atoms with van der Waals surface area (Å²) in [5, 5.41) is 4.29. The van der Waals surface area contributed by atoms with E-state index in [-0.39, 0.29) is 10.8 Å². The van der Waals surface area contributed by atoms with E-state index in [1.54, 1.807) is 31.2 Å². The van der Waals surface area contributed by atoms with Crippen molar-refractivity contribution in [3.63, 3.8) is 0 Å². The Balaban J connectivity index is 1.57. The summed E-state index contributed by atoms with van der Waals surface area (Å²) in [7, 11) is -3.77. The smallest absolute Gasteiger partial charge is 0.285 e. The van der Waals surface area contributed by atoms with Crippen LogP contribution in [0.25, 0.3) is 4.91 Å². The molecule has 0 unspecified atom stereocenters. The van der Waals surface area contributed by atoms with Crippen LogP contribution in [-0.4, -0.2) is 56.1 Å². The first-order valence-corrected chi connectivity index (χ1v) is 12.0. The largest absolute Gasteiger partial charge is 0.354 e. The van der Waals surface area contributed by atoms with Crippen LogP contribution in [0.5, 0.6) is 0 Å². The van der Waals surface area contributed by atoms with Crippen LogP contribution in [0.3, 0.4) is 0 Å². The van der Waals surface area contributed by atoms with E-state index in [1.807, 2.05) is 26.6 Å². The molecule has 0 atom stereocenters. The fourth-order valence-electron chi connectivity index (χ4n) is 3.69. The van der Waals surface area contributed by atoms with Crippen molar-refractivity contribution in [3.8, 4) is 0 Å². The summed E-state index contributed by atoms with van der Waals surface area (Å²) in [6.45, 7) is 4.13. The van der Waals surface area contributed by atoms with Gasteiger partial charge in [-0.1, -0.05) is 23.7 Å². The lowest BCUT2D eigenvalue weighted by Gasteiger charge is -2.23. The number of thiophene rings is 1. The summed E-state index contributed by atoms with van der Waals surface area (Å²) in [5.41, 5.74) is 1.91. The van der Waals surface area contributed by atoms with Crippen molar-refractivity contribution in [1.82, 2.24) is 9.80 Å². The minimum absolute atomic E-state index is 0.0169. The third-order valence-electron chi connectivity index (χ3n) is 5.10. The van der Waals surface area contributed by atoms with E-state index in [9.17, 15) is 13.2 Å². The first-order valence-electron chi connectivity index (χ1n) is 9.25. The fraction of sp³-hybridized carbons (Fsp3) is 0.300. The highest BCUT2D eigenvalue weighted by atomic mass is 35.5. The monoisotopic (exact) mass is 449 g/mol. The van der Waals surface area contributed by atoms with Crippen molar-refractivity contribution >= 4 is 49.6 Å². The van der Waals surface area contributed by atoms with Gasteiger partial charge in [-0.25, -0.2) is 0 Å². The molecule has 0 N–H and O–H groups in total. The Morgan fingerprint density at radius 1 is 1.10 bits per heavy atom. The molecule has 29 heavy (non-hydrogen) atoms. The molecule has 2 aliphatic rings. The van der Waals surface area contributed by atoms with Crippen molar-refractivity contribution in [2.45, 2.75) is 13.3 Å². The third kappa shape index (κ3) is 3.97. The van der Waals surface area contributed by atoms with E-state index in [2.05, 4.69) is 4.40 Å². The van der Waals surface area contributed by atoms with Gasteiger partial charge >= 0.3 is 0 Å². The molecular formula is C20H20ClN3O3S2. The van der Waals surface area contributed by atoms with Crippen LogP contribution in [0.2, 0.25) is 5.02 Å². The number of carbonyl (C=O) groups excluding carboxylic acids is 1. The van der Waals surface area contributed by atoms with Gasteiger partial charge in [-0.15, -0.1) is 4.40 Å². The molecule has 6 nitrogen and oxygen atoms in total. The Bertz CT molecular complexity index is 1090. The van der Waals surface area contributed by atoms with Crippen LogP contribution in [0.4, 0.5) is 0 Å². The van der Waals surface area contributed by atoms with E-state index >= 15 is 0 Å². The quantitative estimate of drug-likeness (QED) is 0.700. The Hall–Kier alpha value is -2.16. The molecule has 4 rings (SSSR count). The van der Waals surface area contributed by atoms with Gasteiger partial charge in [0.05, 0.1) is 5.56 Å². The van der Waals surface area contributed by atoms with E-state index in [1.165, 1.54) is 11.3 Å². The molecule has 3 heterocycles. The maximum Gasteiger partial charge on any atom is 0.285 e. The minimum atomic E-state index is -3.77. The molecule has 0 aliphatic carbocycles. The minimum Gasteiger partial charge on any atom is -0.354 e. The molecule has 152 valence electrons. The SMILES string of the molecule is CC1=C(c2ccc(Cl)cc2)S(=O)(=O)N=C1N1CCCN(C(=O)c2ccsc2)CC1. The summed E-state index contributed by atoms with van der Waals surface area (Å²) < 4.78 is 29.6. The number of sulfonamides is 1. The van der Waals surface area contributed by atoms with Crippen molar-refractivity contribution in [2.24, 2.45) is 4.40 Å². The Morgan fingerprint density at radius 2 is 1.86 bits per heavy atom. The summed E-state index contributed by atoms with van der Waals surface area (Å²) in [4.78, 5) is 16.7. The van der Waals surface area contributed by atoms with Gasteiger partial charge in [0.25, 0.3) is 15.9 Å². The number of hydrogen-bond donors (Lipinski definition) is 0. The third-order valence-corrected chi connectivity index (χ3v) is 7.50. The Labute approximate surface area is 179 Å². The van der Waals surface area contributed by atoms with Crippen LogP contribution in [0.15, 0.2) is 51.1 Å². The molecular weight excluding hydrogens is 430 g/mol. The van der Waals surface area contributed by atoms with Gasteiger partial charge in [0.1, 0.15) is 10.7 Å². The van der Waals surface area contributed by atoms with Gasteiger partial charge in [0.2, 0.25) is 0 Å². The predicted molar refractivity (Wildman–Crippen MR) is 117 cm³/mol. The number of carbonyl (C=O) groups is 1. The zero-order valence-electron chi connectivity index (χ0n) is 15.8. The van der Waals surface area contributed by atoms with Gasteiger partial charge in [-0.2, -0.15) is 19.8 Å². The number of halogens is 1. The maximum absolute atomic E-state index is 12.8. The number of amidine groups is 1. The molecule has 1 fully saturated rings. The zero-order valence-corrected chi connectivity index (χ0v) is 18.2. The molecule has 0 bridgehead atoms. The molecule has 1 saturated heterocycles. The molecule has 9 heteroatoms. The molecule has 0 saturated carbocycles. The average molecular weight is 450 g/mol. The maximum atomic E-state index is 12.8. The Morgan fingerprint density at radius 3 is 2.55 bits per heavy atom. The van der Waals surface area contributed by atoms with Gasteiger partial charge in [0, 0.05) is 42.2 Å². The molecule has 1 aromatic carbocycles. The molecule has 1 amide bonds. The van der Waals surface area contributed by atoms with Crippen LogP contribution >= 0.6 is 22.9 Å². The number of benzene rings is 1. The fourth-order valence-corrected chi connectivity index (χ4v) is 5.92. The highest BCUT2D eigenvalue weighted by Crippen LogP contribution is 2.34. The lowest BCUT2D eigenvalue weighted by molar-refractivity contribution is 0.0764. The van der Waals surface area contributed by atoms with Crippen LogP contribution < -0.4 is 0 Å². The van der Waals surface area contributed by atoms with Crippen molar-refractivity contribution in [3.05, 3.63) is 62.8 Å². The van der Waals surface area contributed by atoms with E-state index in [0.29, 0.717) is 53.7 Å². The Kier molecular flexibility index (Phi) is 5.50. The van der Waals surface area contributed by atoms with Gasteiger partial charge in [0.15, 0.2) is 0 Å². The molecule has 2 aromatic rings. The van der Waals surface area contributed by atoms with Crippen LogP contribution in [0.1, 0.15) is 29.3 Å².